The maximum atomic E-state index is 4.43. The van der Waals surface area contributed by atoms with Crippen LogP contribution in [0.25, 0.3) is 0 Å². The van der Waals surface area contributed by atoms with Crippen LogP contribution in [-0.2, 0) is 12.1 Å². The summed E-state index contributed by atoms with van der Waals surface area (Å²) >= 11 is 0. The Morgan fingerprint density at radius 1 is 1.20 bits per heavy atom. The predicted molar refractivity (Wildman–Crippen MR) is 82.9 cm³/mol. The van der Waals surface area contributed by atoms with Crippen LogP contribution in [0.2, 0.25) is 0 Å². The van der Waals surface area contributed by atoms with Crippen LogP contribution >= 0.6 is 0 Å². The highest BCUT2D eigenvalue weighted by atomic mass is 15.3. The number of hydrogen-bond acceptors (Lipinski definition) is 4. The quantitative estimate of drug-likeness (QED) is 0.815. The number of hydrogen-bond donors (Lipinski definition) is 1. The second kappa shape index (κ2) is 6.70. The number of nitrogens with one attached hydrogen (secondary N) is 1. The van der Waals surface area contributed by atoms with Crippen LogP contribution in [0.5, 0.6) is 0 Å². The Bertz CT molecular complexity index is 399. The molecular weight excluding hydrogens is 250 g/mol. The fourth-order valence-corrected chi connectivity index (χ4v) is 2.36. The smallest absolute Gasteiger partial charge is 0.0543 e. The van der Waals surface area contributed by atoms with Gasteiger partial charge in [0.05, 0.1) is 11.7 Å². The molecule has 1 fully saturated rings. The lowest BCUT2D eigenvalue weighted by molar-refractivity contribution is 0.154. The van der Waals surface area contributed by atoms with E-state index in [2.05, 4.69) is 54.2 Å². The fraction of sp³-hybridized carbons (Fsp3) is 0.800. The standard InChI is InChI=1S/C15H29N5/c1-15(2,3)20-13-14(12-17-20)11-16-5-6-19-9-7-18(4)8-10-19/h12-13,16H,5-11H2,1-4H3. The molecule has 1 aliphatic heterocycles. The number of rotatable bonds is 5. The van der Waals surface area contributed by atoms with Gasteiger partial charge in [0, 0.05) is 57.6 Å². The average Bonchev–Trinajstić information content (AvgIpc) is 2.85. The van der Waals surface area contributed by atoms with Crippen LogP contribution in [0.3, 0.4) is 0 Å². The zero-order valence-electron chi connectivity index (χ0n) is 13.4. The molecule has 1 aromatic heterocycles. The summed E-state index contributed by atoms with van der Waals surface area (Å²) in [6.07, 6.45) is 4.11. The number of aromatic nitrogens is 2. The molecule has 5 heteroatoms. The summed E-state index contributed by atoms with van der Waals surface area (Å²) < 4.78 is 2.03. The Labute approximate surface area is 122 Å². The van der Waals surface area contributed by atoms with Gasteiger partial charge in [0.15, 0.2) is 0 Å². The Kier molecular flexibility index (Phi) is 5.18. The van der Waals surface area contributed by atoms with E-state index < -0.39 is 0 Å². The van der Waals surface area contributed by atoms with Gasteiger partial charge in [-0.1, -0.05) is 0 Å². The van der Waals surface area contributed by atoms with E-state index in [0.29, 0.717) is 0 Å². The molecule has 0 spiro atoms. The minimum atomic E-state index is 0.0675. The summed E-state index contributed by atoms with van der Waals surface area (Å²) in [5, 5.41) is 7.94. The van der Waals surface area contributed by atoms with Gasteiger partial charge in [-0.15, -0.1) is 0 Å². The molecule has 0 unspecified atom stereocenters. The first-order valence-electron chi connectivity index (χ1n) is 7.61. The summed E-state index contributed by atoms with van der Waals surface area (Å²) in [6, 6.07) is 0. The Morgan fingerprint density at radius 2 is 1.90 bits per heavy atom. The Morgan fingerprint density at radius 3 is 2.50 bits per heavy atom. The van der Waals surface area contributed by atoms with Crippen LogP contribution in [0.4, 0.5) is 0 Å². The molecule has 0 bridgehead atoms. The summed E-state index contributed by atoms with van der Waals surface area (Å²) in [4.78, 5) is 4.93. The van der Waals surface area contributed by atoms with E-state index in [1.54, 1.807) is 0 Å². The van der Waals surface area contributed by atoms with E-state index in [9.17, 15) is 0 Å². The van der Waals surface area contributed by atoms with Crippen LogP contribution in [-0.4, -0.2) is 65.9 Å². The van der Waals surface area contributed by atoms with E-state index in [4.69, 9.17) is 0 Å². The monoisotopic (exact) mass is 279 g/mol. The minimum absolute atomic E-state index is 0.0675. The van der Waals surface area contributed by atoms with Crippen molar-refractivity contribution in [1.29, 1.82) is 0 Å². The molecule has 2 heterocycles. The zero-order valence-corrected chi connectivity index (χ0v) is 13.4. The van der Waals surface area contributed by atoms with Crippen LogP contribution in [0, 0.1) is 0 Å². The molecule has 0 aromatic carbocycles. The van der Waals surface area contributed by atoms with E-state index in [1.807, 2.05) is 10.9 Å². The fourth-order valence-electron chi connectivity index (χ4n) is 2.36. The first-order valence-corrected chi connectivity index (χ1v) is 7.61. The van der Waals surface area contributed by atoms with E-state index in [1.165, 1.54) is 31.7 Å². The molecular formula is C15H29N5. The summed E-state index contributed by atoms with van der Waals surface area (Å²) in [7, 11) is 2.20. The van der Waals surface area contributed by atoms with Crippen molar-refractivity contribution in [2.45, 2.75) is 32.9 Å². The van der Waals surface area contributed by atoms with Gasteiger partial charge in [0.2, 0.25) is 0 Å². The van der Waals surface area contributed by atoms with Crippen molar-refractivity contribution in [3.8, 4) is 0 Å². The van der Waals surface area contributed by atoms with Gasteiger partial charge < -0.3 is 10.2 Å². The molecule has 1 aromatic rings. The first kappa shape index (κ1) is 15.5. The van der Waals surface area contributed by atoms with Gasteiger partial charge in [-0.05, 0) is 27.8 Å². The molecule has 1 aliphatic rings. The maximum absolute atomic E-state index is 4.43. The zero-order chi connectivity index (χ0) is 14.6. The van der Waals surface area contributed by atoms with Crippen molar-refractivity contribution in [1.82, 2.24) is 24.9 Å². The molecule has 5 nitrogen and oxygen atoms in total. The lowest BCUT2D eigenvalue weighted by Crippen LogP contribution is -2.46. The third kappa shape index (κ3) is 4.58. The SMILES string of the molecule is CN1CCN(CCNCc2cnn(C(C)(C)C)c2)CC1. The van der Waals surface area contributed by atoms with Crippen molar-refractivity contribution in [3.63, 3.8) is 0 Å². The molecule has 2 rings (SSSR count). The molecule has 20 heavy (non-hydrogen) atoms. The highest BCUT2D eigenvalue weighted by Crippen LogP contribution is 2.12. The molecule has 1 saturated heterocycles. The predicted octanol–water partition coefficient (Wildman–Crippen LogP) is 0.975. The third-order valence-corrected chi connectivity index (χ3v) is 3.85. The highest BCUT2D eigenvalue weighted by Gasteiger charge is 2.14. The van der Waals surface area contributed by atoms with Crippen LogP contribution in [0.15, 0.2) is 12.4 Å². The molecule has 0 aliphatic carbocycles. The lowest BCUT2D eigenvalue weighted by atomic mass is 10.1. The van der Waals surface area contributed by atoms with Crippen molar-refractivity contribution >= 4 is 0 Å². The van der Waals surface area contributed by atoms with Crippen LogP contribution in [0.1, 0.15) is 26.3 Å². The minimum Gasteiger partial charge on any atom is -0.311 e. The molecule has 114 valence electrons. The lowest BCUT2D eigenvalue weighted by Gasteiger charge is -2.32. The van der Waals surface area contributed by atoms with Gasteiger partial charge >= 0.3 is 0 Å². The first-order chi connectivity index (χ1) is 9.45. The highest BCUT2D eigenvalue weighted by molar-refractivity contribution is 5.04. The third-order valence-electron chi connectivity index (χ3n) is 3.85. The Hall–Kier alpha value is -0.910. The second-order valence-electron chi connectivity index (χ2n) is 6.79. The van der Waals surface area contributed by atoms with Crippen molar-refractivity contribution in [3.05, 3.63) is 18.0 Å². The molecule has 0 amide bonds. The van der Waals surface area contributed by atoms with Gasteiger partial charge in [-0.2, -0.15) is 5.10 Å². The molecule has 0 atom stereocenters. The summed E-state index contributed by atoms with van der Waals surface area (Å²) in [5.41, 5.74) is 1.33. The van der Waals surface area contributed by atoms with E-state index in [0.717, 1.165) is 19.6 Å². The second-order valence-corrected chi connectivity index (χ2v) is 6.79. The van der Waals surface area contributed by atoms with Gasteiger partial charge in [-0.3, -0.25) is 9.58 Å². The molecule has 0 saturated carbocycles. The number of piperazine rings is 1. The average molecular weight is 279 g/mol. The summed E-state index contributed by atoms with van der Waals surface area (Å²) in [6.45, 7) is 14.4. The normalized spacial score (nSPS) is 18.6. The maximum Gasteiger partial charge on any atom is 0.0543 e. The number of likely N-dealkylation sites (N-methyl/N-ethyl adjacent to an activating group) is 1. The van der Waals surface area contributed by atoms with Crippen molar-refractivity contribution in [2.75, 3.05) is 46.3 Å². The van der Waals surface area contributed by atoms with Crippen molar-refractivity contribution < 1.29 is 0 Å². The van der Waals surface area contributed by atoms with Gasteiger partial charge in [0.25, 0.3) is 0 Å². The van der Waals surface area contributed by atoms with Crippen LogP contribution < -0.4 is 5.32 Å². The Balaban J connectivity index is 1.65. The van der Waals surface area contributed by atoms with Gasteiger partial charge in [-0.25, -0.2) is 0 Å². The molecule has 0 radical (unpaired) electrons. The van der Waals surface area contributed by atoms with E-state index >= 15 is 0 Å². The van der Waals surface area contributed by atoms with E-state index in [-0.39, 0.29) is 5.54 Å². The largest absolute Gasteiger partial charge is 0.311 e. The van der Waals surface area contributed by atoms with Crippen molar-refractivity contribution in [2.24, 2.45) is 0 Å². The summed E-state index contributed by atoms with van der Waals surface area (Å²) in [5.74, 6) is 0. The number of nitrogens with zero attached hydrogens (tertiary/aromatic N) is 4. The molecule has 1 N–H and O–H groups in total. The topological polar surface area (TPSA) is 36.3 Å². The van der Waals surface area contributed by atoms with Gasteiger partial charge in [0.1, 0.15) is 0 Å².